The quantitative estimate of drug-likeness (QED) is 0.147. The molecule has 6 bridgehead atoms. The zero-order chi connectivity index (χ0) is 47.8. The third kappa shape index (κ3) is 9.38. The number of carbonyl (C=O) groups excluding carboxylic acids is 5. The molecule has 4 aliphatic rings. The topological polar surface area (TPSA) is 165 Å². The lowest BCUT2D eigenvalue weighted by Gasteiger charge is -2.38. The van der Waals surface area contributed by atoms with Gasteiger partial charge in [0.15, 0.2) is 5.60 Å². The first-order valence-corrected chi connectivity index (χ1v) is 23.7. The largest absolute Gasteiger partial charge is 0.464 e. The number of amides is 4. The number of esters is 1. The van der Waals surface area contributed by atoms with E-state index in [1.165, 1.54) is 16.0 Å². The molecule has 356 valence electrons. The van der Waals surface area contributed by atoms with E-state index in [1.54, 1.807) is 18.2 Å². The van der Waals surface area contributed by atoms with E-state index in [0.29, 0.717) is 58.3 Å². The maximum Gasteiger partial charge on any atom is 0.324 e. The Balaban J connectivity index is 1.17. The number of aryl methyl sites for hydroxylation is 1. The van der Waals surface area contributed by atoms with Gasteiger partial charge in [0.25, 0.3) is 11.8 Å². The van der Waals surface area contributed by atoms with Gasteiger partial charge < -0.3 is 33.9 Å². The van der Waals surface area contributed by atoms with Crippen LogP contribution in [0.5, 0.6) is 0 Å². The third-order valence-corrected chi connectivity index (χ3v) is 14.1. The summed E-state index contributed by atoms with van der Waals surface area (Å²) in [4.78, 5) is 77.9. The van der Waals surface area contributed by atoms with Crippen molar-refractivity contribution < 1.29 is 38.2 Å². The molecule has 0 unspecified atom stereocenters. The normalized spacial score (nSPS) is 21.9. The number of benzene rings is 2. The number of pyridine rings is 1. The van der Waals surface area contributed by atoms with E-state index in [4.69, 9.17) is 19.2 Å². The monoisotopic (exact) mass is 915 g/mol. The first-order chi connectivity index (χ1) is 32.1. The average Bonchev–Trinajstić information content (AvgIpc) is 3.80. The van der Waals surface area contributed by atoms with Crippen LogP contribution in [0.4, 0.5) is 0 Å². The zero-order valence-corrected chi connectivity index (χ0v) is 39.9. The van der Waals surface area contributed by atoms with Crippen LogP contribution in [0.25, 0.3) is 33.3 Å². The molecule has 4 aliphatic heterocycles. The van der Waals surface area contributed by atoms with Gasteiger partial charge in [0.2, 0.25) is 11.8 Å². The third-order valence-electron chi connectivity index (χ3n) is 14.1. The van der Waals surface area contributed by atoms with Crippen LogP contribution in [0.15, 0.2) is 73.4 Å². The standard InChI is InChI=1S/C52H65N7O8/c1-9-43(60)56-24-20-52(21-25-56)50(64)58(31-67-52)45(32(3)4)47(61)54-41-27-34-14-11-15-35(26-34)36-18-19-42-38(28-36)39(46(57(42)10-2)37-16-12-22-53-44(37)33(5)65-8)29-51(6,7)30-66-49(63)40-17-13-23-59(55-40)48(41)62/h9,11-12,14-16,18-19,22,26,28,32-33,40-41,45,55H,1,10,13,17,20-21,23-25,27,29-31H2,2-8H3,(H,54,61)/t33-,40-,41-,45-/m0/s1. The molecule has 15 heteroatoms. The van der Waals surface area contributed by atoms with Crippen molar-refractivity contribution >= 4 is 40.5 Å². The lowest BCUT2D eigenvalue weighted by Crippen LogP contribution is -2.62. The van der Waals surface area contributed by atoms with Gasteiger partial charge in [0, 0.05) is 80.6 Å². The minimum absolute atomic E-state index is 0.0929. The lowest BCUT2D eigenvalue weighted by atomic mass is 9.84. The van der Waals surface area contributed by atoms with E-state index in [0.717, 1.165) is 50.1 Å². The highest BCUT2D eigenvalue weighted by Crippen LogP contribution is 2.42. The Morgan fingerprint density at radius 2 is 1.79 bits per heavy atom. The number of likely N-dealkylation sites (tertiary alicyclic amines) is 1. The Hall–Kier alpha value is -5.90. The van der Waals surface area contributed by atoms with Gasteiger partial charge in [0.1, 0.15) is 24.9 Å². The molecule has 3 saturated heterocycles. The zero-order valence-electron chi connectivity index (χ0n) is 39.9. The van der Waals surface area contributed by atoms with Crippen molar-refractivity contribution in [2.24, 2.45) is 11.3 Å². The van der Waals surface area contributed by atoms with Crippen LogP contribution in [0, 0.1) is 11.3 Å². The van der Waals surface area contributed by atoms with Gasteiger partial charge >= 0.3 is 5.97 Å². The van der Waals surface area contributed by atoms with Gasteiger partial charge in [0.05, 0.1) is 24.1 Å². The number of hydrogen-bond donors (Lipinski definition) is 2. The summed E-state index contributed by atoms with van der Waals surface area (Å²) in [6.07, 6.45) is 5.13. The number of aromatic nitrogens is 2. The van der Waals surface area contributed by atoms with Crippen LogP contribution in [0.1, 0.15) is 90.2 Å². The van der Waals surface area contributed by atoms with Crippen molar-refractivity contribution in [3.05, 3.63) is 90.3 Å². The summed E-state index contributed by atoms with van der Waals surface area (Å²) in [6, 6.07) is 15.8. The van der Waals surface area contributed by atoms with E-state index in [2.05, 4.69) is 79.1 Å². The van der Waals surface area contributed by atoms with Gasteiger partial charge in [-0.25, -0.2) is 5.43 Å². The van der Waals surface area contributed by atoms with Crippen molar-refractivity contribution in [3.8, 4) is 22.4 Å². The fourth-order valence-corrected chi connectivity index (χ4v) is 10.4. The van der Waals surface area contributed by atoms with Gasteiger partial charge in [-0.15, -0.1) is 0 Å². The summed E-state index contributed by atoms with van der Waals surface area (Å²) in [6.45, 7) is 17.4. The maximum atomic E-state index is 14.8. The fraction of sp³-hybridized carbons (Fsp3) is 0.500. The van der Waals surface area contributed by atoms with Crippen LogP contribution in [0.2, 0.25) is 0 Å². The number of fused-ring (bicyclic) bond motifs is 6. The average molecular weight is 916 g/mol. The minimum atomic E-state index is -1.15. The van der Waals surface area contributed by atoms with Gasteiger partial charge in [-0.2, -0.15) is 0 Å². The first kappa shape index (κ1) is 47.6. The number of nitrogens with zero attached hydrogens (tertiary/aromatic N) is 5. The van der Waals surface area contributed by atoms with Crippen LogP contribution in [0.3, 0.4) is 0 Å². The Bertz CT molecular complexity index is 2560. The molecular formula is C52H65N7O8. The maximum absolute atomic E-state index is 14.8. The smallest absolute Gasteiger partial charge is 0.324 e. The number of carbonyl (C=O) groups is 5. The molecule has 4 amide bonds. The highest BCUT2D eigenvalue weighted by atomic mass is 16.5. The molecule has 0 aliphatic carbocycles. The Morgan fingerprint density at radius 1 is 1.03 bits per heavy atom. The first-order valence-electron chi connectivity index (χ1n) is 23.7. The molecule has 1 spiro atoms. The predicted octanol–water partition coefficient (Wildman–Crippen LogP) is 6.13. The SMILES string of the molecule is C=CC(=O)N1CCC2(CC1)OCN([C@H](C(=O)N[C@H]1Cc3cccc(c3)-c3ccc4c(c3)c(c(-c3cccnc3[C@H](C)OC)n4CC)CC(C)(C)COC(=O)[C@@H]3CCCN(N3)C1=O)C(C)C)C2=O. The van der Waals surface area contributed by atoms with Crippen LogP contribution >= 0.6 is 0 Å². The van der Waals surface area contributed by atoms with E-state index in [1.807, 2.05) is 39.0 Å². The number of hydrogen-bond acceptors (Lipinski definition) is 10. The molecular weight excluding hydrogens is 851 g/mol. The molecule has 2 aromatic carbocycles. The second-order valence-corrected chi connectivity index (χ2v) is 19.6. The number of rotatable bonds is 9. The summed E-state index contributed by atoms with van der Waals surface area (Å²) < 4.78 is 20.5. The Morgan fingerprint density at radius 3 is 2.51 bits per heavy atom. The van der Waals surface area contributed by atoms with Gasteiger partial charge in [-0.05, 0) is 91.6 Å². The molecule has 3 fully saturated rings. The summed E-state index contributed by atoms with van der Waals surface area (Å²) >= 11 is 0. The molecule has 4 aromatic rings. The second kappa shape index (κ2) is 19.4. The molecule has 0 saturated carbocycles. The molecule has 67 heavy (non-hydrogen) atoms. The number of methoxy groups -OCH3 is 1. The summed E-state index contributed by atoms with van der Waals surface area (Å²) in [5, 5.41) is 5.58. The number of ether oxygens (including phenoxy) is 3. The van der Waals surface area contributed by atoms with Gasteiger partial charge in [-0.1, -0.05) is 64.6 Å². The Labute approximate surface area is 393 Å². The lowest BCUT2D eigenvalue weighted by molar-refractivity contribution is -0.155. The van der Waals surface area contributed by atoms with Gasteiger partial charge in [-0.3, -0.25) is 34.0 Å². The predicted molar refractivity (Wildman–Crippen MR) is 254 cm³/mol. The molecule has 15 nitrogen and oxygen atoms in total. The summed E-state index contributed by atoms with van der Waals surface area (Å²) in [5.74, 6) is -2.19. The van der Waals surface area contributed by atoms with Crippen LogP contribution in [-0.2, 0) is 57.6 Å². The number of nitrogens with one attached hydrogen (secondary N) is 2. The van der Waals surface area contributed by atoms with E-state index in [9.17, 15) is 24.0 Å². The van der Waals surface area contributed by atoms with Crippen molar-refractivity contribution in [1.82, 2.24) is 35.1 Å². The van der Waals surface area contributed by atoms with Crippen LogP contribution in [-0.4, -0.2) is 118 Å². The molecule has 0 radical (unpaired) electrons. The van der Waals surface area contributed by atoms with E-state index < -0.39 is 46.9 Å². The highest BCUT2D eigenvalue weighted by Gasteiger charge is 2.53. The van der Waals surface area contributed by atoms with E-state index >= 15 is 0 Å². The molecule has 6 heterocycles. The second-order valence-electron chi connectivity index (χ2n) is 19.6. The molecule has 2 N–H and O–H groups in total. The minimum Gasteiger partial charge on any atom is -0.464 e. The number of piperidine rings is 1. The van der Waals surface area contributed by atoms with Crippen molar-refractivity contribution in [3.63, 3.8) is 0 Å². The van der Waals surface area contributed by atoms with Crippen molar-refractivity contribution in [2.75, 3.05) is 40.1 Å². The number of cyclic esters (lactones) is 1. The summed E-state index contributed by atoms with van der Waals surface area (Å²) in [5.41, 5.74) is 9.29. The number of hydrazine groups is 1. The highest BCUT2D eigenvalue weighted by molar-refractivity contribution is 5.97. The van der Waals surface area contributed by atoms with E-state index in [-0.39, 0.29) is 43.6 Å². The molecule has 2 aromatic heterocycles. The molecule has 4 atom stereocenters. The van der Waals surface area contributed by atoms with Crippen LogP contribution < -0.4 is 10.7 Å². The van der Waals surface area contributed by atoms with Crippen molar-refractivity contribution in [1.29, 1.82) is 0 Å². The Kier molecular flexibility index (Phi) is 13.8. The molecule has 8 rings (SSSR count). The van der Waals surface area contributed by atoms with Crippen molar-refractivity contribution in [2.45, 2.75) is 116 Å². The fourth-order valence-electron chi connectivity index (χ4n) is 10.4. The summed E-state index contributed by atoms with van der Waals surface area (Å²) in [7, 11) is 1.69.